The van der Waals surface area contributed by atoms with Crippen LogP contribution in [0.15, 0.2) is 59.0 Å². The van der Waals surface area contributed by atoms with Crippen LogP contribution in [0.4, 0.5) is 4.39 Å². The van der Waals surface area contributed by atoms with Crippen molar-refractivity contribution in [2.24, 2.45) is 0 Å². The van der Waals surface area contributed by atoms with Crippen molar-refractivity contribution in [1.29, 1.82) is 0 Å². The van der Waals surface area contributed by atoms with Crippen LogP contribution in [-0.4, -0.2) is 19.9 Å². The molecule has 0 aliphatic heterocycles. The van der Waals surface area contributed by atoms with Crippen molar-refractivity contribution in [3.8, 4) is 22.5 Å². The standard InChI is InChI=1S/C20H10ClFN4OS/c21-13-7-11(8-15-18(13)24-9-28-15)17-16(10-1-3-12(22)4-2-10)26-20-19(25-17)14(27)5-6-23-20/h1-9H,(H,23,26,27). The lowest BCUT2D eigenvalue weighted by molar-refractivity contribution is 0.628. The third-order valence-electron chi connectivity index (χ3n) is 4.36. The molecule has 0 aliphatic rings. The molecule has 0 saturated heterocycles. The van der Waals surface area contributed by atoms with Crippen LogP contribution in [0.3, 0.4) is 0 Å². The zero-order valence-corrected chi connectivity index (χ0v) is 15.7. The van der Waals surface area contributed by atoms with E-state index in [1.165, 1.54) is 35.7 Å². The number of thiazole rings is 1. The first-order chi connectivity index (χ1) is 13.6. The fraction of sp³-hybridized carbons (Fsp3) is 0. The number of nitrogens with zero attached hydrogens (tertiary/aromatic N) is 3. The molecule has 8 heteroatoms. The molecule has 2 aromatic carbocycles. The minimum absolute atomic E-state index is 0.226. The molecule has 5 rings (SSSR count). The van der Waals surface area contributed by atoms with Gasteiger partial charge in [0.05, 0.1) is 32.1 Å². The SMILES string of the molecule is O=c1cc[nH]c2nc(-c3ccc(F)cc3)c(-c3cc(Cl)c4ncsc4c3)nc12. The Morgan fingerprint density at radius 2 is 1.75 bits per heavy atom. The lowest BCUT2D eigenvalue weighted by Gasteiger charge is -2.11. The van der Waals surface area contributed by atoms with Crippen molar-refractivity contribution in [1.82, 2.24) is 19.9 Å². The van der Waals surface area contributed by atoms with Gasteiger partial charge in [0, 0.05) is 23.4 Å². The van der Waals surface area contributed by atoms with Crippen LogP contribution in [0.25, 0.3) is 43.9 Å². The predicted molar refractivity (Wildman–Crippen MR) is 109 cm³/mol. The summed E-state index contributed by atoms with van der Waals surface area (Å²) in [7, 11) is 0. The Kier molecular flexibility index (Phi) is 3.92. The molecule has 5 nitrogen and oxygen atoms in total. The summed E-state index contributed by atoms with van der Waals surface area (Å²) in [5.41, 5.74) is 5.18. The van der Waals surface area contributed by atoms with E-state index in [0.717, 1.165) is 4.70 Å². The minimum Gasteiger partial charge on any atom is -0.345 e. The highest BCUT2D eigenvalue weighted by Gasteiger charge is 2.17. The number of hydrogen-bond donors (Lipinski definition) is 1. The number of aromatic nitrogens is 4. The van der Waals surface area contributed by atoms with E-state index in [0.29, 0.717) is 38.7 Å². The van der Waals surface area contributed by atoms with E-state index < -0.39 is 0 Å². The topological polar surface area (TPSA) is 71.5 Å². The zero-order chi connectivity index (χ0) is 19.3. The van der Waals surface area contributed by atoms with E-state index in [2.05, 4.69) is 19.9 Å². The van der Waals surface area contributed by atoms with Crippen LogP contribution < -0.4 is 5.43 Å². The van der Waals surface area contributed by atoms with Gasteiger partial charge in [-0.3, -0.25) is 4.79 Å². The Balaban J connectivity index is 1.86. The van der Waals surface area contributed by atoms with Gasteiger partial charge in [-0.15, -0.1) is 11.3 Å². The summed E-state index contributed by atoms with van der Waals surface area (Å²) < 4.78 is 14.3. The molecule has 0 amide bonds. The average molecular weight is 409 g/mol. The van der Waals surface area contributed by atoms with Gasteiger partial charge in [0.1, 0.15) is 5.82 Å². The van der Waals surface area contributed by atoms with Crippen LogP contribution in [-0.2, 0) is 0 Å². The van der Waals surface area contributed by atoms with Crippen molar-refractivity contribution in [2.75, 3.05) is 0 Å². The van der Waals surface area contributed by atoms with Gasteiger partial charge in [-0.2, -0.15) is 0 Å². The summed E-state index contributed by atoms with van der Waals surface area (Å²) in [5, 5.41) is 0.489. The molecule has 0 aliphatic carbocycles. The van der Waals surface area contributed by atoms with Crippen LogP contribution in [0.1, 0.15) is 0 Å². The second kappa shape index (κ2) is 6.47. The molecule has 1 N–H and O–H groups in total. The van der Waals surface area contributed by atoms with E-state index in [1.54, 1.807) is 23.7 Å². The number of hydrogen-bond acceptors (Lipinski definition) is 5. The maximum absolute atomic E-state index is 13.4. The quantitative estimate of drug-likeness (QED) is 0.443. The fourth-order valence-electron chi connectivity index (χ4n) is 3.05. The molecule has 0 atom stereocenters. The second-order valence-corrected chi connectivity index (χ2v) is 7.42. The Hall–Kier alpha value is -3.16. The van der Waals surface area contributed by atoms with Crippen molar-refractivity contribution in [3.05, 3.63) is 75.2 Å². The smallest absolute Gasteiger partial charge is 0.209 e. The Bertz CT molecular complexity index is 1410. The van der Waals surface area contributed by atoms with E-state index in [4.69, 9.17) is 11.6 Å². The van der Waals surface area contributed by atoms with Crippen LogP contribution in [0.2, 0.25) is 5.02 Å². The summed E-state index contributed by atoms with van der Waals surface area (Å²) in [6.45, 7) is 0. The van der Waals surface area contributed by atoms with Gasteiger partial charge in [0.15, 0.2) is 11.2 Å². The van der Waals surface area contributed by atoms with Gasteiger partial charge >= 0.3 is 0 Å². The summed E-state index contributed by atoms with van der Waals surface area (Å²) in [4.78, 5) is 28.7. The monoisotopic (exact) mass is 408 g/mol. The van der Waals surface area contributed by atoms with Crippen LogP contribution >= 0.6 is 22.9 Å². The first-order valence-corrected chi connectivity index (χ1v) is 9.54. The van der Waals surface area contributed by atoms with Gasteiger partial charge in [-0.1, -0.05) is 11.6 Å². The molecule has 0 unspecified atom stereocenters. The van der Waals surface area contributed by atoms with E-state index in [9.17, 15) is 9.18 Å². The molecule has 0 fully saturated rings. The number of aromatic amines is 1. The van der Waals surface area contributed by atoms with Gasteiger partial charge < -0.3 is 4.98 Å². The highest BCUT2D eigenvalue weighted by atomic mass is 35.5. The van der Waals surface area contributed by atoms with Crippen molar-refractivity contribution < 1.29 is 4.39 Å². The third kappa shape index (κ3) is 2.76. The number of halogens is 2. The summed E-state index contributed by atoms with van der Waals surface area (Å²) in [5.74, 6) is -0.346. The Morgan fingerprint density at radius 3 is 2.57 bits per heavy atom. The molecule has 136 valence electrons. The lowest BCUT2D eigenvalue weighted by atomic mass is 10.0. The van der Waals surface area contributed by atoms with Crippen LogP contribution in [0.5, 0.6) is 0 Å². The molecule has 0 bridgehead atoms. The van der Waals surface area contributed by atoms with Gasteiger partial charge in [-0.05, 0) is 36.4 Å². The van der Waals surface area contributed by atoms with Crippen molar-refractivity contribution >= 4 is 44.3 Å². The highest BCUT2D eigenvalue weighted by molar-refractivity contribution is 7.16. The molecule has 3 aromatic heterocycles. The molecule has 0 spiro atoms. The number of nitrogens with one attached hydrogen (secondary N) is 1. The maximum Gasteiger partial charge on any atom is 0.209 e. The molecule has 3 heterocycles. The van der Waals surface area contributed by atoms with E-state index in [-0.39, 0.29) is 16.8 Å². The van der Waals surface area contributed by atoms with Crippen molar-refractivity contribution in [2.45, 2.75) is 0 Å². The minimum atomic E-state index is -0.346. The Labute approximate surface area is 166 Å². The average Bonchev–Trinajstić information content (AvgIpc) is 3.17. The van der Waals surface area contributed by atoms with Crippen molar-refractivity contribution in [3.63, 3.8) is 0 Å². The largest absolute Gasteiger partial charge is 0.345 e. The number of benzene rings is 2. The highest BCUT2D eigenvalue weighted by Crippen LogP contribution is 2.35. The first-order valence-electron chi connectivity index (χ1n) is 8.28. The summed E-state index contributed by atoms with van der Waals surface area (Å²) >= 11 is 7.86. The number of pyridine rings is 1. The van der Waals surface area contributed by atoms with E-state index in [1.807, 2.05) is 6.07 Å². The van der Waals surface area contributed by atoms with Gasteiger partial charge in [0.2, 0.25) is 5.43 Å². The first kappa shape index (κ1) is 17.0. The molecular formula is C20H10ClFN4OS. The predicted octanol–water partition coefficient (Wildman–Crippen LogP) is 5.05. The molecular weight excluding hydrogens is 399 g/mol. The molecule has 0 saturated carbocycles. The normalized spacial score (nSPS) is 11.4. The van der Waals surface area contributed by atoms with Crippen LogP contribution in [0, 0.1) is 5.82 Å². The molecule has 0 radical (unpaired) electrons. The van der Waals surface area contributed by atoms with Gasteiger partial charge in [-0.25, -0.2) is 19.3 Å². The summed E-state index contributed by atoms with van der Waals surface area (Å²) in [6, 6.07) is 11.0. The number of fused-ring (bicyclic) bond motifs is 2. The fourth-order valence-corrected chi connectivity index (χ4v) is 4.12. The third-order valence-corrected chi connectivity index (χ3v) is 5.43. The maximum atomic E-state index is 13.4. The number of rotatable bonds is 2. The zero-order valence-electron chi connectivity index (χ0n) is 14.1. The lowest BCUT2D eigenvalue weighted by Crippen LogP contribution is -2.06. The summed E-state index contributed by atoms with van der Waals surface area (Å²) in [6.07, 6.45) is 1.52. The number of H-pyrrole nitrogens is 1. The van der Waals surface area contributed by atoms with E-state index >= 15 is 0 Å². The second-order valence-electron chi connectivity index (χ2n) is 6.12. The Morgan fingerprint density at radius 1 is 0.964 bits per heavy atom. The van der Waals surface area contributed by atoms with Gasteiger partial charge in [0.25, 0.3) is 0 Å². The molecule has 28 heavy (non-hydrogen) atoms. The molecule has 5 aromatic rings.